The van der Waals surface area contributed by atoms with Crippen LogP contribution in [0.15, 0.2) is 30.2 Å². The molecule has 1 aromatic carbocycles. The van der Waals surface area contributed by atoms with E-state index >= 15 is 0 Å². The maximum Gasteiger partial charge on any atom is 0.0626 e. The molecule has 0 aliphatic rings. The lowest BCUT2D eigenvalue weighted by Crippen LogP contribution is -2.17. The molecule has 0 spiro atoms. The van der Waals surface area contributed by atoms with Crippen molar-refractivity contribution in [3.8, 4) is 0 Å². The largest absolute Gasteiger partial charge is 0.328 e. The Bertz CT molecular complexity index is 545. The summed E-state index contributed by atoms with van der Waals surface area (Å²) < 4.78 is 82.3. The second-order valence-electron chi connectivity index (χ2n) is 1.54. The van der Waals surface area contributed by atoms with E-state index in [9.17, 15) is 0 Å². The molecule has 10 heavy (non-hydrogen) atoms. The molecule has 0 aliphatic carbocycles. The maximum absolute atomic E-state index is 7.80. The Morgan fingerprint density at radius 3 is 3.10 bits per heavy atom. The van der Waals surface area contributed by atoms with E-state index in [1.165, 1.54) is 0 Å². The molecule has 0 fully saturated rings. The lowest BCUT2D eigenvalue weighted by Gasteiger charge is -2.02. The van der Waals surface area contributed by atoms with E-state index in [0.29, 0.717) is 0 Å². The third-order valence-corrected chi connectivity index (χ3v) is 0.760. The zero-order chi connectivity index (χ0) is 17.0. The van der Waals surface area contributed by atoms with Gasteiger partial charge >= 0.3 is 0 Å². The number of rotatable bonds is 2. The van der Waals surface area contributed by atoms with Crippen molar-refractivity contribution in [1.82, 2.24) is 0 Å². The molecule has 1 rings (SSSR count). The van der Waals surface area contributed by atoms with Gasteiger partial charge in [-0.25, -0.2) is 0 Å². The fraction of sp³-hybridized carbons (Fsp3) is 0.333. The quantitative estimate of drug-likeness (QED) is 0.631. The second kappa shape index (κ2) is 3.37. The molecule has 0 bridgehead atoms. The van der Waals surface area contributed by atoms with Crippen LogP contribution < -0.4 is 5.73 Å². The molecule has 1 atom stereocenters. The molecule has 1 heteroatoms. The minimum atomic E-state index is -3.26. The Kier molecular flexibility index (Phi) is 0.509. The van der Waals surface area contributed by atoms with Crippen molar-refractivity contribution in [3.63, 3.8) is 0 Å². The zero-order valence-electron chi connectivity index (χ0n) is 16.1. The Balaban J connectivity index is 3.76. The summed E-state index contributed by atoms with van der Waals surface area (Å²) >= 11 is 0. The van der Waals surface area contributed by atoms with Crippen LogP contribution in [-0.4, -0.2) is 6.02 Å². The van der Waals surface area contributed by atoms with Crippen molar-refractivity contribution in [1.29, 1.82) is 0 Å². The third kappa shape index (κ3) is 2.19. The average Bonchev–Trinajstić information content (AvgIpc) is 2.32. The van der Waals surface area contributed by atoms with Crippen molar-refractivity contribution in [3.05, 3.63) is 35.8 Å². The Morgan fingerprint density at radius 1 is 1.80 bits per heavy atom. The fourth-order valence-electron chi connectivity index (χ4n) is 0.447. The van der Waals surface area contributed by atoms with Crippen LogP contribution in [0.25, 0.3) is 0 Å². The molecule has 2 N–H and O–H groups in total. The maximum atomic E-state index is 7.80. The van der Waals surface area contributed by atoms with Gasteiger partial charge in [-0.15, -0.1) is 0 Å². The lowest BCUT2D eigenvalue weighted by molar-refractivity contribution is 0.738. The highest BCUT2D eigenvalue weighted by molar-refractivity contribution is 5.15. The molecular formula is C9H13N. The van der Waals surface area contributed by atoms with E-state index in [4.69, 9.17) is 20.8 Å². The highest BCUT2D eigenvalue weighted by Crippen LogP contribution is 2.00. The second-order valence-corrected chi connectivity index (χ2v) is 1.54. The van der Waals surface area contributed by atoms with Crippen molar-refractivity contribution in [2.75, 3.05) is 0 Å². The minimum absolute atomic E-state index is 0.744. The van der Waals surface area contributed by atoms with E-state index in [-0.39, 0.29) is 0 Å². The van der Waals surface area contributed by atoms with Gasteiger partial charge in [-0.05, 0) is 18.8 Å². The van der Waals surface area contributed by atoms with Crippen LogP contribution in [0.1, 0.15) is 27.5 Å². The van der Waals surface area contributed by atoms with Gasteiger partial charge < -0.3 is 5.73 Å². The van der Waals surface area contributed by atoms with E-state index in [0.717, 1.165) is 0 Å². The van der Waals surface area contributed by atoms with E-state index in [1.54, 1.807) is 0 Å². The van der Waals surface area contributed by atoms with Crippen LogP contribution in [0, 0.1) is 0 Å². The van der Waals surface area contributed by atoms with Gasteiger partial charge in [0.2, 0.25) is 0 Å². The molecule has 1 aromatic rings. The molecule has 1 unspecified atom stereocenters. The molecule has 0 aromatic heterocycles. The third-order valence-electron chi connectivity index (χ3n) is 0.760. The van der Waals surface area contributed by atoms with Crippen LogP contribution in [0.5, 0.6) is 0 Å². The molecule has 0 heterocycles. The first-order valence-electron chi connectivity index (χ1n) is 8.04. The number of hydrogen-bond donors (Lipinski definition) is 1. The van der Waals surface area contributed by atoms with Crippen LogP contribution in [0.3, 0.4) is 0 Å². The van der Waals surface area contributed by atoms with Crippen molar-refractivity contribution < 1.29 is 15.1 Å². The molecule has 0 aliphatic heterocycles. The molecule has 1 nitrogen and oxygen atoms in total. The van der Waals surface area contributed by atoms with Gasteiger partial charge in [-0.1, -0.05) is 30.2 Å². The van der Waals surface area contributed by atoms with Crippen LogP contribution in [-0.2, 0) is 6.37 Å². The summed E-state index contributed by atoms with van der Waals surface area (Å²) in [6.45, 7) is -3.26. The molecule has 0 amide bonds. The van der Waals surface area contributed by atoms with E-state index in [2.05, 4.69) is 0 Å². The van der Waals surface area contributed by atoms with Gasteiger partial charge in [0.05, 0.1) is 6.85 Å². The topological polar surface area (TPSA) is 26.0 Å². The normalized spacial score (nSPS) is 34.7. The highest BCUT2D eigenvalue weighted by atomic mass is 14.7. The predicted molar refractivity (Wildman–Crippen MR) is 43.8 cm³/mol. The standard InChI is InChI=1S/C9H13N/c1-8(10)7-9-5-3-2-4-6-9/h2-6,8H,7,10H2,1H3/i1D3,2D,3D,4D,5D,6D,7+1D2,8D. The lowest BCUT2D eigenvalue weighted by atomic mass is 10.2. The minimum Gasteiger partial charge on any atom is -0.328 e. The van der Waals surface area contributed by atoms with Gasteiger partial charge in [-0.2, -0.15) is 0 Å². The Hall–Kier alpha value is -0.820. The number of benzene rings is 1. The molecule has 54 valence electrons. The van der Waals surface area contributed by atoms with Gasteiger partial charge in [0.25, 0.3) is 0 Å². The van der Waals surface area contributed by atoms with E-state index < -0.39 is 55.0 Å². The Labute approximate surface area is 77.3 Å². The molecule has 0 saturated carbocycles. The summed E-state index contributed by atoms with van der Waals surface area (Å²) in [5, 5.41) is 0. The van der Waals surface area contributed by atoms with Crippen molar-refractivity contribution in [2.24, 2.45) is 5.73 Å². The molecule has 0 saturated heterocycles. The summed E-state index contributed by atoms with van der Waals surface area (Å²) in [7, 11) is 0. The van der Waals surface area contributed by atoms with Gasteiger partial charge in [0.15, 0.2) is 0 Å². The van der Waals surface area contributed by atoms with Crippen LogP contribution in [0.2, 0.25) is 0 Å². The zero-order valence-corrected chi connectivity index (χ0v) is 5.08. The van der Waals surface area contributed by atoms with Gasteiger partial charge in [0, 0.05) is 14.2 Å². The smallest absolute Gasteiger partial charge is 0.0626 e. The first-order chi connectivity index (χ1) is 9.18. The van der Waals surface area contributed by atoms with Crippen molar-refractivity contribution >= 4 is 0 Å². The summed E-state index contributed by atoms with van der Waals surface area (Å²) in [6.07, 6.45) is -3.19. The molecule has 0 radical (unpaired) electrons. The highest BCUT2D eigenvalue weighted by Gasteiger charge is 1.94. The first kappa shape index (κ1) is 1.51. The monoisotopic (exact) mass is 147 g/mol. The molecular weight excluding hydrogens is 123 g/mol. The summed E-state index contributed by atoms with van der Waals surface area (Å²) in [4.78, 5) is 0. The summed E-state index contributed by atoms with van der Waals surface area (Å²) in [5.41, 5.74) is 4.33. The fourth-order valence-corrected chi connectivity index (χ4v) is 0.447. The number of nitrogens with two attached hydrogens (primary N) is 1. The average molecular weight is 147 g/mol. The summed E-state index contributed by atoms with van der Waals surface area (Å²) in [5.74, 6) is 0. The number of hydrogen-bond acceptors (Lipinski definition) is 1. The predicted octanol–water partition coefficient (Wildman–Crippen LogP) is 1.58. The van der Waals surface area contributed by atoms with Crippen LogP contribution in [0.4, 0.5) is 0 Å². The SMILES string of the molecule is [2H]c1c([2H])c([2H])c([13C]([2H])([2H])C([2H])(N)C([2H])([2H])[2H])c([2H])c1[2H]. The van der Waals surface area contributed by atoms with Crippen molar-refractivity contribution in [2.45, 2.75) is 19.2 Å². The van der Waals surface area contributed by atoms with E-state index in [1.807, 2.05) is 0 Å². The summed E-state index contributed by atoms with van der Waals surface area (Å²) in [6, 6.07) is -7.42. The Morgan fingerprint density at radius 2 is 2.50 bits per heavy atom. The van der Waals surface area contributed by atoms with Gasteiger partial charge in [0.1, 0.15) is 0 Å². The van der Waals surface area contributed by atoms with Crippen LogP contribution >= 0.6 is 0 Å². The van der Waals surface area contributed by atoms with Gasteiger partial charge in [-0.3, -0.25) is 0 Å². The first-order valence-corrected chi connectivity index (χ1v) is 2.54.